The second kappa shape index (κ2) is 2.71. The van der Waals surface area contributed by atoms with Crippen LogP contribution in [0.2, 0.25) is 0 Å². The van der Waals surface area contributed by atoms with Gasteiger partial charge in [0.15, 0.2) is 0 Å². The summed E-state index contributed by atoms with van der Waals surface area (Å²) in [6.07, 6.45) is 0.735. The van der Waals surface area contributed by atoms with Crippen LogP contribution < -0.4 is 5.32 Å². The van der Waals surface area contributed by atoms with E-state index in [1.807, 2.05) is 13.8 Å². The van der Waals surface area contributed by atoms with Crippen molar-refractivity contribution in [1.29, 1.82) is 0 Å². The van der Waals surface area contributed by atoms with E-state index in [9.17, 15) is 5.11 Å². The quantitative estimate of drug-likeness (QED) is 0.659. The van der Waals surface area contributed by atoms with E-state index in [1.54, 1.807) is 0 Å². The van der Waals surface area contributed by atoms with Crippen molar-refractivity contribution in [2.45, 2.75) is 50.9 Å². The van der Waals surface area contributed by atoms with E-state index < -0.39 is 11.2 Å². The summed E-state index contributed by atoms with van der Waals surface area (Å²) in [5.74, 6) is 0.347. The van der Waals surface area contributed by atoms with Crippen LogP contribution in [0.1, 0.15) is 34.1 Å². The lowest BCUT2D eigenvalue weighted by atomic mass is 9.71. The normalized spacial score (nSPS) is 40.9. The molecule has 1 unspecified atom stereocenters. The molecule has 14 heavy (non-hydrogen) atoms. The zero-order valence-electron chi connectivity index (χ0n) is 9.55. The zero-order chi connectivity index (χ0) is 10.6. The van der Waals surface area contributed by atoms with E-state index in [0.29, 0.717) is 5.92 Å². The SMILES string of the molecule is CC1(C)CC(O)(C2CNC2)C(C)(C)O1. The highest BCUT2D eigenvalue weighted by Crippen LogP contribution is 2.49. The highest BCUT2D eigenvalue weighted by Gasteiger charge is 2.60. The van der Waals surface area contributed by atoms with Crippen molar-refractivity contribution in [2.24, 2.45) is 5.92 Å². The average Bonchev–Trinajstić information content (AvgIpc) is 1.89. The van der Waals surface area contributed by atoms with Crippen molar-refractivity contribution >= 4 is 0 Å². The number of nitrogens with one attached hydrogen (secondary N) is 1. The number of aliphatic hydroxyl groups is 1. The molecule has 0 spiro atoms. The maximum atomic E-state index is 10.7. The average molecular weight is 199 g/mol. The van der Waals surface area contributed by atoms with Crippen LogP contribution >= 0.6 is 0 Å². The van der Waals surface area contributed by atoms with Gasteiger partial charge in [0.25, 0.3) is 0 Å². The van der Waals surface area contributed by atoms with Gasteiger partial charge in [-0.25, -0.2) is 0 Å². The lowest BCUT2D eigenvalue weighted by Crippen LogP contribution is -2.62. The summed E-state index contributed by atoms with van der Waals surface area (Å²) < 4.78 is 5.93. The Morgan fingerprint density at radius 2 is 1.79 bits per heavy atom. The molecule has 0 aliphatic carbocycles. The van der Waals surface area contributed by atoms with E-state index in [2.05, 4.69) is 19.2 Å². The van der Waals surface area contributed by atoms with Gasteiger partial charge in [0.2, 0.25) is 0 Å². The van der Waals surface area contributed by atoms with Crippen LogP contribution in [0.15, 0.2) is 0 Å². The van der Waals surface area contributed by atoms with E-state index in [0.717, 1.165) is 19.5 Å². The third kappa shape index (κ3) is 1.30. The number of rotatable bonds is 1. The van der Waals surface area contributed by atoms with Crippen LogP contribution in [0.25, 0.3) is 0 Å². The number of ether oxygens (including phenoxy) is 1. The molecule has 0 aromatic heterocycles. The Kier molecular flexibility index (Phi) is 2.02. The fraction of sp³-hybridized carbons (Fsp3) is 1.00. The molecule has 0 aromatic rings. The molecule has 0 aromatic carbocycles. The minimum absolute atomic E-state index is 0.201. The van der Waals surface area contributed by atoms with Crippen LogP contribution in [0.3, 0.4) is 0 Å². The molecule has 2 aliphatic rings. The van der Waals surface area contributed by atoms with E-state index in [4.69, 9.17) is 4.74 Å². The fourth-order valence-corrected chi connectivity index (χ4v) is 2.94. The summed E-state index contributed by atoms with van der Waals surface area (Å²) in [6, 6.07) is 0. The van der Waals surface area contributed by atoms with Crippen molar-refractivity contribution in [3.63, 3.8) is 0 Å². The number of hydrogen-bond acceptors (Lipinski definition) is 3. The van der Waals surface area contributed by atoms with Gasteiger partial charge < -0.3 is 15.2 Å². The minimum atomic E-state index is -0.665. The molecule has 3 nitrogen and oxygen atoms in total. The topological polar surface area (TPSA) is 41.5 Å². The Bertz CT molecular complexity index is 246. The van der Waals surface area contributed by atoms with E-state index >= 15 is 0 Å². The summed E-state index contributed by atoms with van der Waals surface area (Å²) in [5, 5.41) is 13.9. The van der Waals surface area contributed by atoms with Gasteiger partial charge in [-0.2, -0.15) is 0 Å². The molecule has 0 amide bonds. The van der Waals surface area contributed by atoms with Crippen LogP contribution in [-0.4, -0.2) is 35.0 Å². The summed E-state index contributed by atoms with van der Waals surface area (Å²) >= 11 is 0. The summed E-state index contributed by atoms with van der Waals surface area (Å²) in [5.41, 5.74) is -1.29. The lowest BCUT2D eigenvalue weighted by molar-refractivity contribution is -0.154. The molecule has 0 radical (unpaired) electrons. The van der Waals surface area contributed by atoms with Crippen molar-refractivity contribution in [3.8, 4) is 0 Å². The largest absolute Gasteiger partial charge is 0.386 e. The van der Waals surface area contributed by atoms with Crippen LogP contribution in [0.4, 0.5) is 0 Å². The zero-order valence-corrected chi connectivity index (χ0v) is 9.55. The standard InChI is InChI=1S/C11H21NO2/c1-9(2)7-11(13,8-5-12-6-8)10(3,4)14-9/h8,12-13H,5-7H2,1-4H3. The highest BCUT2D eigenvalue weighted by atomic mass is 16.5. The molecule has 0 bridgehead atoms. The third-order valence-electron chi connectivity index (χ3n) is 3.73. The lowest BCUT2D eigenvalue weighted by Gasteiger charge is -2.45. The van der Waals surface area contributed by atoms with Gasteiger partial charge in [-0.05, 0) is 27.7 Å². The smallest absolute Gasteiger partial charge is 0.101 e. The van der Waals surface area contributed by atoms with Gasteiger partial charge >= 0.3 is 0 Å². The van der Waals surface area contributed by atoms with Gasteiger partial charge in [-0.1, -0.05) is 0 Å². The molecule has 2 saturated heterocycles. The molecule has 2 N–H and O–H groups in total. The van der Waals surface area contributed by atoms with E-state index in [1.165, 1.54) is 0 Å². The Morgan fingerprint density at radius 3 is 2.07 bits per heavy atom. The van der Waals surface area contributed by atoms with Gasteiger partial charge in [-0.3, -0.25) is 0 Å². The van der Waals surface area contributed by atoms with Crippen molar-refractivity contribution in [1.82, 2.24) is 5.32 Å². The Labute approximate surface area is 85.8 Å². The first-order chi connectivity index (χ1) is 6.27. The summed E-state index contributed by atoms with van der Waals surface area (Å²) in [6.45, 7) is 9.94. The fourth-order valence-electron chi connectivity index (χ4n) is 2.94. The predicted molar refractivity (Wildman–Crippen MR) is 55.2 cm³/mol. The van der Waals surface area contributed by atoms with Crippen LogP contribution in [-0.2, 0) is 4.74 Å². The maximum absolute atomic E-state index is 10.7. The molecule has 0 saturated carbocycles. The highest BCUT2D eigenvalue weighted by molar-refractivity contribution is 5.11. The predicted octanol–water partition coefficient (Wildman–Crippen LogP) is 0.914. The second-order valence-corrected chi connectivity index (χ2v) is 5.83. The van der Waals surface area contributed by atoms with Gasteiger partial charge in [-0.15, -0.1) is 0 Å². The Morgan fingerprint density at radius 1 is 1.21 bits per heavy atom. The van der Waals surface area contributed by atoms with Crippen molar-refractivity contribution in [2.75, 3.05) is 13.1 Å². The Balaban J connectivity index is 2.25. The van der Waals surface area contributed by atoms with Gasteiger partial charge in [0, 0.05) is 25.4 Å². The molecule has 3 heteroatoms. The van der Waals surface area contributed by atoms with Gasteiger partial charge in [0.05, 0.1) is 11.2 Å². The summed E-state index contributed by atoms with van der Waals surface area (Å²) in [7, 11) is 0. The second-order valence-electron chi connectivity index (χ2n) is 5.83. The monoisotopic (exact) mass is 199 g/mol. The minimum Gasteiger partial charge on any atom is -0.386 e. The molecule has 2 aliphatic heterocycles. The number of hydrogen-bond donors (Lipinski definition) is 2. The van der Waals surface area contributed by atoms with E-state index in [-0.39, 0.29) is 5.60 Å². The van der Waals surface area contributed by atoms with Crippen LogP contribution in [0, 0.1) is 5.92 Å². The van der Waals surface area contributed by atoms with Gasteiger partial charge in [0.1, 0.15) is 5.60 Å². The molecular weight excluding hydrogens is 178 g/mol. The first kappa shape index (κ1) is 10.4. The summed E-state index contributed by atoms with van der Waals surface area (Å²) in [4.78, 5) is 0. The third-order valence-corrected chi connectivity index (χ3v) is 3.73. The Hall–Kier alpha value is -0.120. The molecule has 82 valence electrons. The van der Waals surface area contributed by atoms with Crippen LogP contribution in [0.5, 0.6) is 0 Å². The molecule has 2 fully saturated rings. The molecule has 1 atom stereocenters. The molecular formula is C11H21NO2. The first-order valence-corrected chi connectivity index (χ1v) is 5.40. The first-order valence-electron chi connectivity index (χ1n) is 5.40. The van der Waals surface area contributed by atoms with Crippen molar-refractivity contribution < 1.29 is 9.84 Å². The molecule has 2 rings (SSSR count). The van der Waals surface area contributed by atoms with Crippen molar-refractivity contribution in [3.05, 3.63) is 0 Å². The molecule has 2 heterocycles. The maximum Gasteiger partial charge on any atom is 0.101 e.